The molecule has 0 saturated carbocycles. The minimum Gasteiger partial charge on any atom is -0.450 e. The molecule has 0 radical (unpaired) electrons. The van der Waals surface area contributed by atoms with Crippen LogP contribution in [-0.4, -0.2) is 72.4 Å². The van der Waals surface area contributed by atoms with E-state index in [2.05, 4.69) is 9.97 Å². The molecular formula is C27H25F2N5O5S2. The van der Waals surface area contributed by atoms with Gasteiger partial charge in [-0.3, -0.25) is 14.7 Å². The molecule has 10 nitrogen and oxygen atoms in total. The number of carbonyl (C=O) groups excluding carboxylic acids is 2. The molecular weight excluding hydrogens is 576 g/mol. The highest BCUT2D eigenvalue weighted by atomic mass is 32.2. The van der Waals surface area contributed by atoms with Crippen LogP contribution in [0.4, 0.5) is 18.7 Å². The molecule has 0 N–H and O–H groups in total. The Bertz CT molecular complexity index is 1680. The van der Waals surface area contributed by atoms with Crippen LogP contribution in [0.25, 0.3) is 10.2 Å². The zero-order chi connectivity index (χ0) is 29.1. The number of hydrogen-bond donors (Lipinski definition) is 0. The number of pyridine rings is 1. The van der Waals surface area contributed by atoms with Crippen LogP contribution in [-0.2, 0) is 21.3 Å². The third-order valence-corrected chi connectivity index (χ3v) is 9.38. The van der Waals surface area contributed by atoms with Crippen molar-refractivity contribution >= 4 is 48.7 Å². The van der Waals surface area contributed by atoms with Crippen LogP contribution in [0, 0.1) is 11.6 Å². The van der Waals surface area contributed by atoms with Crippen LogP contribution in [0.2, 0.25) is 0 Å². The van der Waals surface area contributed by atoms with Crippen LogP contribution < -0.4 is 4.90 Å². The number of halogens is 2. The van der Waals surface area contributed by atoms with Crippen LogP contribution in [0.5, 0.6) is 0 Å². The highest BCUT2D eigenvalue weighted by molar-refractivity contribution is 7.89. The molecule has 4 aromatic rings. The van der Waals surface area contributed by atoms with Gasteiger partial charge in [0.2, 0.25) is 10.0 Å². The van der Waals surface area contributed by atoms with E-state index in [1.54, 1.807) is 31.5 Å². The van der Waals surface area contributed by atoms with Crippen LogP contribution in [0.3, 0.4) is 0 Å². The summed E-state index contributed by atoms with van der Waals surface area (Å²) in [5.41, 5.74) is 0.790. The Balaban J connectivity index is 1.39. The maximum atomic E-state index is 14.4. The second-order valence-electron chi connectivity index (χ2n) is 9.10. The molecule has 0 spiro atoms. The summed E-state index contributed by atoms with van der Waals surface area (Å²) in [7, 11) is -3.88. The quantitative estimate of drug-likeness (QED) is 0.311. The average Bonchev–Trinajstić information content (AvgIpc) is 3.40. The normalized spacial score (nSPS) is 14.3. The largest absolute Gasteiger partial charge is 0.450 e. The van der Waals surface area contributed by atoms with Gasteiger partial charge >= 0.3 is 6.09 Å². The molecule has 1 saturated heterocycles. The molecule has 1 fully saturated rings. The van der Waals surface area contributed by atoms with Crippen molar-refractivity contribution in [2.24, 2.45) is 0 Å². The lowest BCUT2D eigenvalue weighted by Crippen LogP contribution is -2.50. The van der Waals surface area contributed by atoms with Crippen molar-refractivity contribution in [3.05, 3.63) is 83.7 Å². The lowest BCUT2D eigenvalue weighted by atomic mass is 10.2. The van der Waals surface area contributed by atoms with E-state index in [1.165, 1.54) is 38.4 Å². The van der Waals surface area contributed by atoms with Gasteiger partial charge in [-0.15, -0.1) is 0 Å². The standard InChI is InChI=1S/C27H25F2N5O5S2/c1-2-39-27(36)32-10-12-33(13-11-32)41(37,38)21-7-5-19(6-8-21)25(35)34(17-18-4-3-9-30-16-18)26-31-24-22(29)14-20(28)15-23(24)40-26/h3-9,14-16H,2,10-13,17H2,1H3. The number of thiazole rings is 1. The van der Waals surface area contributed by atoms with Crippen LogP contribution in [0.15, 0.2) is 65.8 Å². The number of carbonyl (C=O) groups is 2. The summed E-state index contributed by atoms with van der Waals surface area (Å²) in [6.07, 6.45) is 2.68. The average molecular weight is 602 g/mol. The second kappa shape index (κ2) is 11.8. The Morgan fingerprint density at radius 2 is 1.80 bits per heavy atom. The summed E-state index contributed by atoms with van der Waals surface area (Å²) >= 11 is 0.961. The molecule has 14 heteroatoms. The molecule has 0 unspecified atom stereocenters. The Kier molecular flexibility index (Phi) is 8.24. The second-order valence-corrected chi connectivity index (χ2v) is 12.0. The van der Waals surface area contributed by atoms with Gasteiger partial charge in [0.05, 0.1) is 22.7 Å². The lowest BCUT2D eigenvalue weighted by Gasteiger charge is -2.33. The Morgan fingerprint density at radius 3 is 2.46 bits per heavy atom. The Labute approximate surface area is 238 Å². The number of hydrogen-bond acceptors (Lipinski definition) is 8. The highest BCUT2D eigenvalue weighted by Gasteiger charge is 2.31. The molecule has 0 atom stereocenters. The maximum Gasteiger partial charge on any atom is 0.409 e. The smallest absolute Gasteiger partial charge is 0.409 e. The summed E-state index contributed by atoms with van der Waals surface area (Å²) in [5, 5.41) is 0.148. The summed E-state index contributed by atoms with van der Waals surface area (Å²) < 4.78 is 61.2. The summed E-state index contributed by atoms with van der Waals surface area (Å²) in [4.78, 5) is 36.7. The van der Waals surface area contributed by atoms with E-state index in [9.17, 15) is 26.8 Å². The van der Waals surface area contributed by atoms with Crippen molar-refractivity contribution in [1.82, 2.24) is 19.2 Å². The molecule has 1 aliphatic rings. The van der Waals surface area contributed by atoms with E-state index in [0.717, 1.165) is 23.5 Å². The number of piperazine rings is 1. The SMILES string of the molecule is CCOC(=O)N1CCN(S(=O)(=O)c2ccc(C(=O)N(Cc3cccnc3)c3nc4c(F)cc(F)cc4s3)cc2)CC1. The minimum atomic E-state index is -3.88. The number of ether oxygens (including phenoxy) is 1. The van der Waals surface area contributed by atoms with E-state index in [-0.39, 0.29) is 65.1 Å². The molecule has 1 aliphatic heterocycles. The zero-order valence-electron chi connectivity index (χ0n) is 21.9. The van der Waals surface area contributed by atoms with Crippen molar-refractivity contribution in [3.63, 3.8) is 0 Å². The first-order chi connectivity index (χ1) is 19.7. The number of nitrogens with zero attached hydrogens (tertiary/aromatic N) is 5. The van der Waals surface area contributed by atoms with Gasteiger partial charge < -0.3 is 9.64 Å². The van der Waals surface area contributed by atoms with Gasteiger partial charge in [0.25, 0.3) is 5.91 Å². The van der Waals surface area contributed by atoms with E-state index in [1.807, 2.05) is 0 Å². The molecule has 2 aromatic carbocycles. The van der Waals surface area contributed by atoms with Gasteiger partial charge in [-0.05, 0) is 48.9 Å². The Morgan fingerprint density at radius 1 is 1.07 bits per heavy atom. The van der Waals surface area contributed by atoms with Crippen molar-refractivity contribution in [1.29, 1.82) is 0 Å². The summed E-state index contributed by atoms with van der Waals surface area (Å²) in [5.74, 6) is -2.11. The summed E-state index contributed by atoms with van der Waals surface area (Å²) in [6.45, 7) is 2.59. The lowest BCUT2D eigenvalue weighted by molar-refractivity contribution is 0.0933. The van der Waals surface area contributed by atoms with E-state index in [4.69, 9.17) is 4.74 Å². The van der Waals surface area contributed by atoms with Gasteiger partial charge in [0, 0.05) is 50.2 Å². The number of amides is 2. The number of rotatable bonds is 7. The van der Waals surface area contributed by atoms with Crippen LogP contribution >= 0.6 is 11.3 Å². The van der Waals surface area contributed by atoms with Crippen LogP contribution in [0.1, 0.15) is 22.8 Å². The fourth-order valence-corrected chi connectivity index (χ4v) is 6.79. The summed E-state index contributed by atoms with van der Waals surface area (Å²) in [6, 6.07) is 10.8. The molecule has 41 heavy (non-hydrogen) atoms. The first-order valence-corrected chi connectivity index (χ1v) is 14.9. The fourth-order valence-electron chi connectivity index (χ4n) is 4.36. The van der Waals surface area contributed by atoms with Crippen molar-refractivity contribution in [2.75, 3.05) is 37.7 Å². The number of fused-ring (bicyclic) bond motifs is 1. The van der Waals surface area contributed by atoms with Gasteiger partial charge in [-0.1, -0.05) is 17.4 Å². The molecule has 214 valence electrons. The third-order valence-electron chi connectivity index (χ3n) is 6.45. The van der Waals surface area contributed by atoms with Gasteiger partial charge in [-0.2, -0.15) is 4.31 Å². The van der Waals surface area contributed by atoms with E-state index < -0.39 is 33.7 Å². The number of sulfonamides is 1. The van der Waals surface area contributed by atoms with Gasteiger partial charge in [-0.25, -0.2) is 27.0 Å². The highest BCUT2D eigenvalue weighted by Crippen LogP contribution is 2.33. The maximum absolute atomic E-state index is 14.4. The topological polar surface area (TPSA) is 113 Å². The van der Waals surface area contributed by atoms with Gasteiger partial charge in [0.1, 0.15) is 11.3 Å². The zero-order valence-corrected chi connectivity index (χ0v) is 23.5. The van der Waals surface area contributed by atoms with Gasteiger partial charge in [0.15, 0.2) is 10.9 Å². The number of benzene rings is 2. The number of aromatic nitrogens is 2. The predicted molar refractivity (Wildman–Crippen MR) is 148 cm³/mol. The molecule has 3 heterocycles. The minimum absolute atomic E-state index is 0.00465. The predicted octanol–water partition coefficient (Wildman–Crippen LogP) is 4.28. The molecule has 2 amide bonds. The van der Waals surface area contributed by atoms with Crippen molar-refractivity contribution < 1.29 is 31.5 Å². The van der Waals surface area contributed by atoms with E-state index >= 15 is 0 Å². The van der Waals surface area contributed by atoms with E-state index in [0.29, 0.717) is 5.56 Å². The molecule has 2 aromatic heterocycles. The first-order valence-electron chi connectivity index (χ1n) is 12.7. The van der Waals surface area contributed by atoms with Crippen molar-refractivity contribution in [3.8, 4) is 0 Å². The Hall–Kier alpha value is -4.01. The fraction of sp³-hybridized carbons (Fsp3) is 0.259. The third kappa shape index (κ3) is 6.04. The molecule has 5 rings (SSSR count). The molecule has 0 aliphatic carbocycles. The van der Waals surface area contributed by atoms with Crippen molar-refractivity contribution in [2.45, 2.75) is 18.4 Å². The first kappa shape index (κ1) is 28.5. The number of anilines is 1. The monoisotopic (exact) mass is 601 g/mol. The molecule has 0 bridgehead atoms.